The van der Waals surface area contributed by atoms with Crippen molar-refractivity contribution in [3.63, 3.8) is 0 Å². The normalized spacial score (nSPS) is 13.9. The number of hydrogen-bond donors (Lipinski definition) is 1. The summed E-state index contributed by atoms with van der Waals surface area (Å²) >= 11 is 0. The zero-order valence-corrected chi connectivity index (χ0v) is 15.3. The molecule has 0 saturated heterocycles. The van der Waals surface area contributed by atoms with Crippen LogP contribution in [0.1, 0.15) is 51.0 Å². The van der Waals surface area contributed by atoms with Crippen LogP contribution in [0.2, 0.25) is 0 Å². The highest BCUT2D eigenvalue weighted by Gasteiger charge is 2.14. The first kappa shape index (κ1) is 19.2. The first-order valence-corrected chi connectivity index (χ1v) is 9.39. The molecule has 0 heterocycles. The van der Waals surface area contributed by atoms with Gasteiger partial charge in [-0.05, 0) is 50.5 Å². The van der Waals surface area contributed by atoms with Gasteiger partial charge < -0.3 is 10.2 Å². The molecule has 0 aliphatic heterocycles. The maximum atomic E-state index is 12.1. The minimum absolute atomic E-state index is 0.0316. The van der Waals surface area contributed by atoms with Gasteiger partial charge in [0.2, 0.25) is 11.8 Å². The van der Waals surface area contributed by atoms with E-state index in [1.54, 1.807) is 4.90 Å². The van der Waals surface area contributed by atoms with Gasteiger partial charge in [-0.1, -0.05) is 42.0 Å². The summed E-state index contributed by atoms with van der Waals surface area (Å²) in [7, 11) is 0. The summed E-state index contributed by atoms with van der Waals surface area (Å²) in [5.74, 6) is -0.100. The van der Waals surface area contributed by atoms with E-state index in [0.717, 1.165) is 32.1 Å². The van der Waals surface area contributed by atoms with Gasteiger partial charge in [0.15, 0.2) is 0 Å². The Kier molecular flexibility index (Phi) is 8.23. The van der Waals surface area contributed by atoms with Crippen LogP contribution >= 0.6 is 0 Å². The monoisotopic (exact) mass is 342 g/mol. The van der Waals surface area contributed by atoms with Crippen LogP contribution in [0.25, 0.3) is 0 Å². The predicted molar refractivity (Wildman–Crippen MR) is 101 cm³/mol. The van der Waals surface area contributed by atoms with E-state index in [0.29, 0.717) is 13.1 Å². The number of rotatable bonds is 9. The van der Waals surface area contributed by atoms with E-state index in [2.05, 4.69) is 23.5 Å². The van der Waals surface area contributed by atoms with E-state index in [1.165, 1.54) is 30.9 Å². The minimum atomic E-state index is -0.0686. The maximum Gasteiger partial charge on any atom is 0.239 e. The highest BCUT2D eigenvalue weighted by atomic mass is 16.2. The molecule has 0 bridgehead atoms. The standard InChI is InChI=1S/C21H30N2O2/c1-18(24)23(16-14-20-11-6-3-7-12-20)17-21(25)22-15-8-13-19-9-4-2-5-10-19/h2,4-5,9-11H,3,6-8,12-17H2,1H3,(H,22,25). The summed E-state index contributed by atoms with van der Waals surface area (Å²) in [6.45, 7) is 2.98. The molecule has 0 unspecified atom stereocenters. The van der Waals surface area contributed by atoms with Crippen LogP contribution in [0.5, 0.6) is 0 Å². The summed E-state index contributed by atoms with van der Waals surface area (Å²) in [4.78, 5) is 25.5. The second-order valence-electron chi connectivity index (χ2n) is 6.74. The van der Waals surface area contributed by atoms with E-state index in [-0.39, 0.29) is 18.4 Å². The van der Waals surface area contributed by atoms with Crippen molar-refractivity contribution >= 4 is 11.8 Å². The zero-order valence-electron chi connectivity index (χ0n) is 15.3. The number of carbonyl (C=O) groups excluding carboxylic acids is 2. The fraction of sp³-hybridized carbons (Fsp3) is 0.524. The molecule has 4 nitrogen and oxygen atoms in total. The highest BCUT2D eigenvalue weighted by Crippen LogP contribution is 2.20. The SMILES string of the molecule is CC(=O)N(CCC1=CCCCC1)CC(=O)NCCCc1ccccc1. The largest absolute Gasteiger partial charge is 0.355 e. The number of hydrogen-bond acceptors (Lipinski definition) is 2. The molecule has 0 aromatic heterocycles. The van der Waals surface area contributed by atoms with Gasteiger partial charge >= 0.3 is 0 Å². The lowest BCUT2D eigenvalue weighted by molar-refractivity contribution is -0.134. The van der Waals surface area contributed by atoms with E-state index >= 15 is 0 Å². The van der Waals surface area contributed by atoms with Crippen LogP contribution in [0.4, 0.5) is 0 Å². The van der Waals surface area contributed by atoms with Crippen LogP contribution in [-0.2, 0) is 16.0 Å². The number of nitrogens with zero attached hydrogens (tertiary/aromatic N) is 1. The summed E-state index contributed by atoms with van der Waals surface area (Å²) in [6, 6.07) is 10.3. The molecular formula is C21H30N2O2. The number of benzene rings is 1. The molecule has 1 N–H and O–H groups in total. The topological polar surface area (TPSA) is 49.4 Å². The lowest BCUT2D eigenvalue weighted by atomic mass is 9.97. The lowest BCUT2D eigenvalue weighted by Crippen LogP contribution is -2.40. The molecule has 1 aliphatic carbocycles. The first-order chi connectivity index (χ1) is 12.1. The Hall–Kier alpha value is -2.10. The van der Waals surface area contributed by atoms with Crippen LogP contribution in [0.3, 0.4) is 0 Å². The van der Waals surface area contributed by atoms with Crippen molar-refractivity contribution < 1.29 is 9.59 Å². The van der Waals surface area contributed by atoms with Gasteiger partial charge in [-0.15, -0.1) is 0 Å². The van der Waals surface area contributed by atoms with E-state index in [9.17, 15) is 9.59 Å². The average molecular weight is 342 g/mol. The number of amides is 2. The molecule has 0 atom stereocenters. The van der Waals surface area contributed by atoms with Gasteiger partial charge in [-0.3, -0.25) is 9.59 Å². The van der Waals surface area contributed by atoms with E-state index in [4.69, 9.17) is 0 Å². The smallest absolute Gasteiger partial charge is 0.239 e. The summed E-state index contributed by atoms with van der Waals surface area (Å²) < 4.78 is 0. The summed E-state index contributed by atoms with van der Waals surface area (Å²) in [6.07, 6.45) is 9.84. The van der Waals surface area contributed by atoms with Gasteiger partial charge in [0, 0.05) is 20.0 Å². The van der Waals surface area contributed by atoms with Crippen molar-refractivity contribution in [2.45, 2.75) is 51.9 Å². The quantitative estimate of drug-likeness (QED) is 0.552. The molecular weight excluding hydrogens is 312 g/mol. The molecule has 0 spiro atoms. The van der Waals surface area contributed by atoms with Gasteiger partial charge in [0.1, 0.15) is 0 Å². The van der Waals surface area contributed by atoms with Crippen molar-refractivity contribution in [1.29, 1.82) is 0 Å². The molecule has 1 aliphatic rings. The Morgan fingerprint density at radius 1 is 1.12 bits per heavy atom. The molecule has 0 fully saturated rings. The van der Waals surface area contributed by atoms with Gasteiger partial charge in [-0.25, -0.2) is 0 Å². The Morgan fingerprint density at radius 3 is 2.60 bits per heavy atom. The third kappa shape index (κ3) is 7.55. The average Bonchev–Trinajstić information content (AvgIpc) is 2.64. The Labute approximate surface area is 151 Å². The Morgan fingerprint density at radius 2 is 1.92 bits per heavy atom. The molecule has 0 radical (unpaired) electrons. The van der Waals surface area contributed by atoms with Crippen LogP contribution in [0.15, 0.2) is 42.0 Å². The molecule has 1 aromatic carbocycles. The number of aryl methyl sites for hydroxylation is 1. The van der Waals surface area contributed by atoms with Crippen LogP contribution < -0.4 is 5.32 Å². The fourth-order valence-electron chi connectivity index (χ4n) is 3.15. The predicted octanol–water partition coefficient (Wildman–Crippen LogP) is 3.47. The van der Waals surface area contributed by atoms with E-state index in [1.807, 2.05) is 18.2 Å². The number of carbonyl (C=O) groups is 2. The van der Waals surface area contributed by atoms with Crippen molar-refractivity contribution in [2.24, 2.45) is 0 Å². The fourth-order valence-corrected chi connectivity index (χ4v) is 3.15. The zero-order chi connectivity index (χ0) is 17.9. The summed E-state index contributed by atoms with van der Waals surface area (Å²) in [5.41, 5.74) is 2.71. The third-order valence-electron chi connectivity index (χ3n) is 4.67. The van der Waals surface area contributed by atoms with Crippen molar-refractivity contribution in [2.75, 3.05) is 19.6 Å². The Bertz CT molecular complexity index is 581. The number of allylic oxidation sites excluding steroid dienone is 1. The maximum absolute atomic E-state index is 12.1. The third-order valence-corrected chi connectivity index (χ3v) is 4.67. The molecule has 25 heavy (non-hydrogen) atoms. The van der Waals surface area contributed by atoms with Gasteiger partial charge in [0.25, 0.3) is 0 Å². The van der Waals surface area contributed by atoms with E-state index < -0.39 is 0 Å². The van der Waals surface area contributed by atoms with Crippen LogP contribution in [-0.4, -0.2) is 36.3 Å². The number of nitrogens with one attached hydrogen (secondary N) is 1. The second kappa shape index (κ2) is 10.7. The lowest BCUT2D eigenvalue weighted by Gasteiger charge is -2.22. The molecule has 4 heteroatoms. The minimum Gasteiger partial charge on any atom is -0.355 e. The molecule has 136 valence electrons. The molecule has 2 rings (SSSR count). The molecule has 0 saturated carbocycles. The van der Waals surface area contributed by atoms with Crippen molar-refractivity contribution in [3.05, 3.63) is 47.5 Å². The van der Waals surface area contributed by atoms with Crippen molar-refractivity contribution in [1.82, 2.24) is 10.2 Å². The van der Waals surface area contributed by atoms with Gasteiger partial charge in [0.05, 0.1) is 6.54 Å². The van der Waals surface area contributed by atoms with Crippen LogP contribution in [0, 0.1) is 0 Å². The second-order valence-corrected chi connectivity index (χ2v) is 6.74. The highest BCUT2D eigenvalue weighted by molar-refractivity contribution is 5.83. The first-order valence-electron chi connectivity index (χ1n) is 9.39. The molecule has 2 amide bonds. The summed E-state index contributed by atoms with van der Waals surface area (Å²) in [5, 5.41) is 2.93. The van der Waals surface area contributed by atoms with Gasteiger partial charge in [-0.2, -0.15) is 0 Å². The molecule has 1 aromatic rings. The Balaban J connectivity index is 1.66. The van der Waals surface area contributed by atoms with Crippen molar-refractivity contribution in [3.8, 4) is 0 Å².